The van der Waals surface area contributed by atoms with Gasteiger partial charge in [-0.15, -0.1) is 24.8 Å². The van der Waals surface area contributed by atoms with Gasteiger partial charge in [0.25, 0.3) is 5.91 Å². The van der Waals surface area contributed by atoms with Crippen LogP contribution < -0.4 is 15.5 Å². The SMILES string of the molecule is CCN(CC)c1ccc(NC(=O)c2ccc3c(c2)CNC3)cn1.Cl.Cl. The van der Waals surface area contributed by atoms with Gasteiger partial charge in [0.15, 0.2) is 0 Å². The Labute approximate surface area is 161 Å². The minimum absolute atomic E-state index is 0. The lowest BCUT2D eigenvalue weighted by molar-refractivity contribution is 0.102. The maximum absolute atomic E-state index is 12.4. The van der Waals surface area contributed by atoms with Gasteiger partial charge in [-0.1, -0.05) is 6.07 Å². The summed E-state index contributed by atoms with van der Waals surface area (Å²) in [6, 6.07) is 9.69. The fourth-order valence-electron chi connectivity index (χ4n) is 2.83. The average molecular weight is 383 g/mol. The van der Waals surface area contributed by atoms with E-state index < -0.39 is 0 Å². The van der Waals surface area contributed by atoms with Crippen LogP contribution in [0.4, 0.5) is 11.5 Å². The Morgan fingerprint density at radius 2 is 1.84 bits per heavy atom. The molecular formula is C18H24Cl2N4O. The number of halogens is 2. The van der Waals surface area contributed by atoms with Crippen molar-refractivity contribution in [1.29, 1.82) is 0 Å². The Kier molecular flexibility index (Phi) is 8.16. The van der Waals surface area contributed by atoms with Crippen molar-refractivity contribution >= 4 is 42.2 Å². The lowest BCUT2D eigenvalue weighted by Gasteiger charge is -2.19. The fraction of sp³-hybridized carbons (Fsp3) is 0.333. The smallest absolute Gasteiger partial charge is 0.255 e. The summed E-state index contributed by atoms with van der Waals surface area (Å²) < 4.78 is 0. The van der Waals surface area contributed by atoms with E-state index in [2.05, 4.69) is 34.4 Å². The van der Waals surface area contributed by atoms with E-state index in [1.54, 1.807) is 6.20 Å². The maximum Gasteiger partial charge on any atom is 0.255 e. The second kappa shape index (κ2) is 9.61. The van der Waals surface area contributed by atoms with Crippen LogP contribution in [0.1, 0.15) is 35.3 Å². The summed E-state index contributed by atoms with van der Waals surface area (Å²) in [7, 11) is 0. The minimum Gasteiger partial charge on any atom is -0.357 e. The fourth-order valence-corrected chi connectivity index (χ4v) is 2.83. The molecule has 2 heterocycles. The zero-order valence-electron chi connectivity index (χ0n) is 14.4. The third-order valence-corrected chi connectivity index (χ3v) is 4.19. The molecule has 0 saturated heterocycles. The Hall–Kier alpha value is -1.82. The van der Waals surface area contributed by atoms with Crippen molar-refractivity contribution in [2.24, 2.45) is 0 Å². The number of hydrogen-bond donors (Lipinski definition) is 2. The summed E-state index contributed by atoms with van der Waals surface area (Å²) in [6.07, 6.45) is 1.71. The zero-order chi connectivity index (χ0) is 16.2. The summed E-state index contributed by atoms with van der Waals surface area (Å²) in [5, 5.41) is 6.20. The van der Waals surface area contributed by atoms with Gasteiger partial charge in [0.2, 0.25) is 0 Å². The number of pyridine rings is 1. The molecule has 0 atom stereocenters. The Morgan fingerprint density at radius 1 is 1.12 bits per heavy atom. The molecule has 1 aromatic carbocycles. The van der Waals surface area contributed by atoms with Gasteiger partial charge in [-0.3, -0.25) is 4.79 Å². The van der Waals surface area contributed by atoms with Crippen LogP contribution in [0.3, 0.4) is 0 Å². The van der Waals surface area contributed by atoms with Crippen molar-refractivity contribution in [3.63, 3.8) is 0 Å². The maximum atomic E-state index is 12.4. The van der Waals surface area contributed by atoms with Crippen molar-refractivity contribution in [1.82, 2.24) is 10.3 Å². The van der Waals surface area contributed by atoms with Crippen molar-refractivity contribution in [2.45, 2.75) is 26.9 Å². The average Bonchev–Trinajstić information content (AvgIpc) is 3.05. The topological polar surface area (TPSA) is 57.3 Å². The highest BCUT2D eigenvalue weighted by atomic mass is 35.5. The summed E-state index contributed by atoms with van der Waals surface area (Å²) in [6.45, 7) is 7.74. The Balaban J connectivity index is 0.00000156. The third-order valence-electron chi connectivity index (χ3n) is 4.19. The van der Waals surface area contributed by atoms with Crippen molar-refractivity contribution in [3.8, 4) is 0 Å². The molecule has 1 aliphatic heterocycles. The Bertz CT molecular complexity index is 703. The second-order valence-corrected chi connectivity index (χ2v) is 5.62. The molecular weight excluding hydrogens is 359 g/mol. The van der Waals surface area contributed by atoms with Gasteiger partial charge in [-0.25, -0.2) is 4.98 Å². The third kappa shape index (κ3) is 4.84. The van der Waals surface area contributed by atoms with E-state index in [4.69, 9.17) is 0 Å². The molecule has 1 aliphatic rings. The molecule has 25 heavy (non-hydrogen) atoms. The van der Waals surface area contributed by atoms with Crippen molar-refractivity contribution in [2.75, 3.05) is 23.3 Å². The highest BCUT2D eigenvalue weighted by Gasteiger charge is 2.14. The van der Waals surface area contributed by atoms with Gasteiger partial charge in [0.1, 0.15) is 5.82 Å². The number of anilines is 2. The number of hydrogen-bond acceptors (Lipinski definition) is 4. The van der Waals surface area contributed by atoms with Gasteiger partial charge in [-0.2, -0.15) is 0 Å². The second-order valence-electron chi connectivity index (χ2n) is 5.62. The number of benzene rings is 1. The standard InChI is InChI=1S/C18H22N4O.2ClH/c1-3-22(4-2)17-8-7-16(12-20-17)21-18(23)13-5-6-14-10-19-11-15(14)9-13;;/h5-9,12,19H,3-4,10-11H2,1-2H3,(H,21,23);2*1H. The number of carbonyl (C=O) groups excluding carboxylic acids is 1. The summed E-state index contributed by atoms with van der Waals surface area (Å²) in [5.74, 6) is 0.827. The molecule has 0 unspecified atom stereocenters. The predicted octanol–water partition coefficient (Wildman–Crippen LogP) is 3.63. The summed E-state index contributed by atoms with van der Waals surface area (Å²) >= 11 is 0. The molecule has 136 valence electrons. The highest BCUT2D eigenvalue weighted by molar-refractivity contribution is 6.04. The van der Waals surface area contributed by atoms with Crippen LogP contribution in [-0.4, -0.2) is 24.0 Å². The molecule has 1 amide bonds. The van der Waals surface area contributed by atoms with E-state index in [0.717, 1.165) is 32.0 Å². The van der Waals surface area contributed by atoms with E-state index >= 15 is 0 Å². The minimum atomic E-state index is -0.0999. The summed E-state index contributed by atoms with van der Waals surface area (Å²) in [5.41, 5.74) is 3.87. The molecule has 5 nitrogen and oxygen atoms in total. The van der Waals surface area contributed by atoms with Gasteiger partial charge in [0, 0.05) is 31.7 Å². The highest BCUT2D eigenvalue weighted by Crippen LogP contribution is 2.19. The first kappa shape index (κ1) is 21.2. The number of fused-ring (bicyclic) bond motifs is 1. The van der Waals surface area contributed by atoms with Crippen LogP contribution in [0.5, 0.6) is 0 Å². The van der Waals surface area contributed by atoms with E-state index in [1.165, 1.54) is 11.1 Å². The Morgan fingerprint density at radius 3 is 2.48 bits per heavy atom. The van der Waals surface area contributed by atoms with Gasteiger partial charge in [0.05, 0.1) is 11.9 Å². The van der Waals surface area contributed by atoms with Crippen LogP contribution >= 0.6 is 24.8 Å². The van der Waals surface area contributed by atoms with Crippen LogP contribution in [-0.2, 0) is 13.1 Å². The van der Waals surface area contributed by atoms with E-state index in [1.807, 2.05) is 30.3 Å². The number of aromatic nitrogens is 1. The first-order valence-electron chi connectivity index (χ1n) is 8.06. The molecule has 2 aromatic rings. The van der Waals surface area contributed by atoms with E-state index in [0.29, 0.717) is 11.3 Å². The quantitative estimate of drug-likeness (QED) is 0.828. The van der Waals surface area contributed by atoms with Gasteiger partial charge >= 0.3 is 0 Å². The van der Waals surface area contributed by atoms with E-state index in [9.17, 15) is 4.79 Å². The van der Waals surface area contributed by atoms with Crippen LogP contribution in [0.25, 0.3) is 0 Å². The van der Waals surface area contributed by atoms with Gasteiger partial charge in [-0.05, 0) is 49.2 Å². The number of nitrogens with one attached hydrogen (secondary N) is 2. The predicted molar refractivity (Wildman–Crippen MR) is 107 cm³/mol. The molecule has 0 saturated carbocycles. The molecule has 1 aromatic heterocycles. The molecule has 3 rings (SSSR count). The zero-order valence-corrected chi connectivity index (χ0v) is 16.0. The monoisotopic (exact) mass is 382 g/mol. The first-order valence-corrected chi connectivity index (χ1v) is 8.06. The number of nitrogens with zero attached hydrogens (tertiary/aromatic N) is 2. The van der Waals surface area contributed by atoms with Crippen molar-refractivity contribution in [3.05, 3.63) is 53.2 Å². The van der Waals surface area contributed by atoms with Gasteiger partial charge < -0.3 is 15.5 Å². The van der Waals surface area contributed by atoms with E-state index in [-0.39, 0.29) is 30.7 Å². The molecule has 0 aliphatic carbocycles. The molecule has 0 radical (unpaired) electrons. The van der Waals surface area contributed by atoms with Crippen molar-refractivity contribution < 1.29 is 4.79 Å². The molecule has 7 heteroatoms. The largest absolute Gasteiger partial charge is 0.357 e. The summed E-state index contributed by atoms with van der Waals surface area (Å²) in [4.78, 5) is 19.0. The normalized spacial score (nSPS) is 11.8. The van der Waals surface area contributed by atoms with Crippen LogP contribution in [0.2, 0.25) is 0 Å². The number of carbonyl (C=O) groups is 1. The molecule has 2 N–H and O–H groups in total. The van der Waals surface area contributed by atoms with Crippen LogP contribution in [0.15, 0.2) is 36.5 Å². The molecule has 0 spiro atoms. The molecule has 0 fully saturated rings. The number of amides is 1. The first-order chi connectivity index (χ1) is 11.2. The van der Waals surface area contributed by atoms with Crippen LogP contribution in [0, 0.1) is 0 Å². The number of rotatable bonds is 5. The lowest BCUT2D eigenvalue weighted by atomic mass is 10.1. The molecule has 0 bridgehead atoms. The lowest BCUT2D eigenvalue weighted by Crippen LogP contribution is -2.22.